The summed E-state index contributed by atoms with van der Waals surface area (Å²) in [6.07, 6.45) is 0.456. The van der Waals surface area contributed by atoms with E-state index in [0.717, 1.165) is 11.1 Å². The molecule has 1 fully saturated rings. The number of nitrogens with zero attached hydrogens (tertiary/aromatic N) is 1. The molecule has 1 aromatic heterocycles. The van der Waals surface area contributed by atoms with Crippen molar-refractivity contribution >= 4 is 26.7 Å². The van der Waals surface area contributed by atoms with E-state index in [1.165, 1.54) is 0 Å². The van der Waals surface area contributed by atoms with Crippen LogP contribution in [0, 0.1) is 26.7 Å². The highest BCUT2D eigenvalue weighted by Crippen LogP contribution is 2.31. The Morgan fingerprint density at radius 3 is 2.53 bits per heavy atom. The molecule has 164 valence electrons. The molecular weight excluding hydrogens is 406 g/mol. The fraction of sp³-hybridized carbons (Fsp3) is 0.545. The summed E-state index contributed by atoms with van der Waals surface area (Å²) in [5, 5.41) is 0.671. The number of carbonyl (C=O) groups is 1. The zero-order chi connectivity index (χ0) is 22.2. The summed E-state index contributed by atoms with van der Waals surface area (Å²) in [7, 11) is -3.10. The zero-order valence-corrected chi connectivity index (χ0v) is 19.0. The Morgan fingerprint density at radius 1 is 1.23 bits per heavy atom. The van der Waals surface area contributed by atoms with Gasteiger partial charge in [0.15, 0.2) is 16.4 Å². The quantitative estimate of drug-likeness (QED) is 0.648. The van der Waals surface area contributed by atoms with Crippen molar-refractivity contribution in [1.82, 2.24) is 4.90 Å². The average Bonchev–Trinajstić information content (AvgIpc) is 3.01. The molecule has 1 aromatic carbocycles. The first-order valence-corrected chi connectivity index (χ1v) is 12.0. The molecule has 2 aromatic rings. The first-order chi connectivity index (χ1) is 14.0. The summed E-state index contributed by atoms with van der Waals surface area (Å²) in [4.78, 5) is 26.7. The predicted molar refractivity (Wildman–Crippen MR) is 116 cm³/mol. The largest absolute Gasteiger partial charge is 0.483 e. The Balaban J connectivity index is 1.87. The summed E-state index contributed by atoms with van der Waals surface area (Å²) in [5.41, 5.74) is 2.13. The van der Waals surface area contributed by atoms with Gasteiger partial charge in [0.2, 0.25) is 0 Å². The van der Waals surface area contributed by atoms with Crippen molar-refractivity contribution in [3.8, 4) is 5.75 Å². The standard InChI is InChI=1S/C22H29NO6S/c1-13(2)10-23(17-6-7-30(26,27)12-17)20(24)11-28-18-8-14(3)9-19-21(18)15(4)16(5)22(25)29-19/h8-9,13,17H,6-7,10-12H2,1-5H3/t17-/m0/s1. The van der Waals surface area contributed by atoms with E-state index in [9.17, 15) is 18.0 Å². The molecule has 0 saturated carbocycles. The van der Waals surface area contributed by atoms with Gasteiger partial charge >= 0.3 is 5.63 Å². The topological polar surface area (TPSA) is 93.9 Å². The molecule has 30 heavy (non-hydrogen) atoms. The molecule has 0 N–H and O–H groups in total. The maximum Gasteiger partial charge on any atom is 0.339 e. The van der Waals surface area contributed by atoms with E-state index in [1.807, 2.05) is 33.8 Å². The average molecular weight is 436 g/mol. The van der Waals surface area contributed by atoms with Gasteiger partial charge in [-0.15, -0.1) is 0 Å². The van der Waals surface area contributed by atoms with Crippen LogP contribution in [0.2, 0.25) is 0 Å². The second-order valence-corrected chi connectivity index (χ2v) is 10.8. The van der Waals surface area contributed by atoms with Crippen molar-refractivity contribution in [2.75, 3.05) is 24.7 Å². The second kappa shape index (κ2) is 8.41. The van der Waals surface area contributed by atoms with Crippen LogP contribution in [0.1, 0.15) is 37.0 Å². The molecule has 1 saturated heterocycles. The van der Waals surface area contributed by atoms with E-state index in [-0.39, 0.29) is 36.0 Å². The molecule has 1 aliphatic heterocycles. The van der Waals surface area contributed by atoms with E-state index >= 15 is 0 Å². The number of hydrogen-bond donors (Lipinski definition) is 0. The zero-order valence-electron chi connectivity index (χ0n) is 18.1. The van der Waals surface area contributed by atoms with Gasteiger partial charge in [-0.05, 0) is 56.4 Å². The molecule has 8 heteroatoms. The van der Waals surface area contributed by atoms with Gasteiger partial charge in [0, 0.05) is 18.2 Å². The summed E-state index contributed by atoms with van der Waals surface area (Å²) in [6, 6.07) is 3.27. The van der Waals surface area contributed by atoms with Gasteiger partial charge < -0.3 is 14.1 Å². The van der Waals surface area contributed by atoms with E-state index < -0.39 is 15.5 Å². The fourth-order valence-corrected chi connectivity index (χ4v) is 5.62. The van der Waals surface area contributed by atoms with Gasteiger partial charge in [-0.3, -0.25) is 4.79 Å². The molecule has 1 amide bonds. The van der Waals surface area contributed by atoms with Gasteiger partial charge in [0.25, 0.3) is 5.91 Å². The van der Waals surface area contributed by atoms with Crippen molar-refractivity contribution in [1.29, 1.82) is 0 Å². The summed E-state index contributed by atoms with van der Waals surface area (Å²) < 4.78 is 35.1. The van der Waals surface area contributed by atoms with Crippen LogP contribution in [0.5, 0.6) is 5.75 Å². The first kappa shape index (κ1) is 22.3. The minimum atomic E-state index is -3.10. The summed E-state index contributed by atoms with van der Waals surface area (Å²) in [6.45, 7) is 9.63. The van der Waals surface area contributed by atoms with Gasteiger partial charge in [-0.25, -0.2) is 13.2 Å². The fourth-order valence-electron chi connectivity index (χ4n) is 3.89. The monoisotopic (exact) mass is 435 g/mol. The molecule has 1 atom stereocenters. The number of ether oxygens (including phenoxy) is 1. The molecule has 0 aliphatic carbocycles. The van der Waals surface area contributed by atoms with Crippen molar-refractivity contribution in [3.63, 3.8) is 0 Å². The number of aryl methyl sites for hydroxylation is 2. The lowest BCUT2D eigenvalue weighted by atomic mass is 10.0. The summed E-state index contributed by atoms with van der Waals surface area (Å²) >= 11 is 0. The van der Waals surface area contributed by atoms with Crippen LogP contribution in [0.3, 0.4) is 0 Å². The predicted octanol–water partition coefficient (Wildman–Crippen LogP) is 2.77. The van der Waals surface area contributed by atoms with Crippen LogP contribution in [0.25, 0.3) is 11.0 Å². The molecule has 0 spiro atoms. The van der Waals surface area contributed by atoms with Gasteiger partial charge in [-0.1, -0.05) is 13.8 Å². The van der Waals surface area contributed by atoms with E-state index in [2.05, 4.69) is 0 Å². The van der Waals surface area contributed by atoms with Gasteiger partial charge in [-0.2, -0.15) is 0 Å². The Bertz CT molecular complexity index is 1130. The molecule has 0 unspecified atom stereocenters. The minimum absolute atomic E-state index is 0.00228. The van der Waals surface area contributed by atoms with E-state index in [0.29, 0.717) is 35.2 Å². The number of fused-ring (bicyclic) bond motifs is 1. The van der Waals surface area contributed by atoms with Crippen LogP contribution in [0.15, 0.2) is 21.3 Å². The van der Waals surface area contributed by atoms with Crippen molar-refractivity contribution < 1.29 is 22.4 Å². The lowest BCUT2D eigenvalue weighted by Gasteiger charge is -2.30. The molecule has 0 bridgehead atoms. The number of hydrogen-bond acceptors (Lipinski definition) is 6. The molecule has 1 aliphatic rings. The van der Waals surface area contributed by atoms with Gasteiger partial charge in [0.1, 0.15) is 11.3 Å². The van der Waals surface area contributed by atoms with E-state index in [4.69, 9.17) is 9.15 Å². The van der Waals surface area contributed by atoms with E-state index in [1.54, 1.807) is 17.9 Å². The Kier molecular flexibility index (Phi) is 6.26. The van der Waals surface area contributed by atoms with Crippen LogP contribution in [-0.4, -0.2) is 49.9 Å². The Labute approximate surface area is 176 Å². The first-order valence-electron chi connectivity index (χ1n) is 10.2. The molecule has 0 radical (unpaired) electrons. The highest BCUT2D eigenvalue weighted by molar-refractivity contribution is 7.91. The maximum atomic E-state index is 13.0. The lowest BCUT2D eigenvalue weighted by molar-refractivity contribution is -0.135. The number of carbonyl (C=O) groups excluding carboxylic acids is 1. The normalized spacial score (nSPS) is 18.1. The third-order valence-electron chi connectivity index (χ3n) is 5.54. The van der Waals surface area contributed by atoms with Gasteiger partial charge in [0.05, 0.1) is 16.9 Å². The highest BCUT2D eigenvalue weighted by Gasteiger charge is 2.35. The third-order valence-corrected chi connectivity index (χ3v) is 7.29. The van der Waals surface area contributed by atoms with Crippen molar-refractivity contribution in [3.05, 3.63) is 39.2 Å². The van der Waals surface area contributed by atoms with Crippen LogP contribution < -0.4 is 10.4 Å². The maximum absolute atomic E-state index is 13.0. The van der Waals surface area contributed by atoms with Crippen LogP contribution >= 0.6 is 0 Å². The van der Waals surface area contributed by atoms with Crippen LogP contribution in [0.4, 0.5) is 0 Å². The minimum Gasteiger partial charge on any atom is -0.483 e. The van der Waals surface area contributed by atoms with Crippen LogP contribution in [-0.2, 0) is 14.6 Å². The smallest absolute Gasteiger partial charge is 0.339 e. The molecule has 7 nitrogen and oxygen atoms in total. The summed E-state index contributed by atoms with van der Waals surface area (Å²) in [5.74, 6) is 0.553. The highest BCUT2D eigenvalue weighted by atomic mass is 32.2. The molecular formula is C22H29NO6S. The molecule has 3 rings (SSSR count). The molecule has 2 heterocycles. The number of rotatable bonds is 6. The number of sulfone groups is 1. The number of benzene rings is 1. The van der Waals surface area contributed by atoms with Crippen molar-refractivity contribution in [2.24, 2.45) is 5.92 Å². The SMILES string of the molecule is Cc1cc(OCC(=O)N(CC(C)C)[C@H]2CCS(=O)(=O)C2)c2c(C)c(C)c(=O)oc2c1. The Hall–Kier alpha value is -2.35. The lowest BCUT2D eigenvalue weighted by Crippen LogP contribution is -2.45. The van der Waals surface area contributed by atoms with Crippen molar-refractivity contribution in [2.45, 2.75) is 47.1 Å². The third kappa shape index (κ3) is 4.69. The Morgan fingerprint density at radius 2 is 1.93 bits per heavy atom. The number of amides is 1. The second-order valence-electron chi connectivity index (χ2n) is 8.56.